The number of para-hydroxylation sites is 1. The van der Waals surface area contributed by atoms with E-state index < -0.39 is 0 Å². The number of nitrogens with zero attached hydrogens (tertiary/aromatic N) is 3. The van der Waals surface area contributed by atoms with Crippen molar-refractivity contribution in [2.75, 3.05) is 10.6 Å². The second-order valence-electron chi connectivity index (χ2n) is 5.88. The Hall–Kier alpha value is -2.93. The van der Waals surface area contributed by atoms with Crippen molar-refractivity contribution in [3.63, 3.8) is 0 Å². The fourth-order valence-corrected chi connectivity index (χ4v) is 3.82. The van der Waals surface area contributed by atoms with E-state index in [1.165, 1.54) is 6.33 Å². The highest BCUT2D eigenvalue weighted by molar-refractivity contribution is 7.10. The maximum absolute atomic E-state index is 13.1. The van der Waals surface area contributed by atoms with Crippen molar-refractivity contribution in [1.29, 1.82) is 0 Å². The minimum atomic E-state index is -0.289. The topological polar surface area (TPSA) is 71.8 Å². The third-order valence-electron chi connectivity index (χ3n) is 4.24. The Morgan fingerprint density at radius 2 is 2.08 bits per heavy atom. The van der Waals surface area contributed by atoms with E-state index >= 15 is 0 Å². The number of thiophene rings is 1. The van der Waals surface area contributed by atoms with E-state index in [0.29, 0.717) is 11.5 Å². The standard InChI is InChI=1S/C18H17N5OS/c1-11-6-3-4-7-13(11)22-17(24)15-12(2)21-18-19-10-20-23(18)16(15)14-8-5-9-25-14/h3-10,16H,1-2H3,(H,22,24)(H,19,20,21)/t16-/m1/s1. The summed E-state index contributed by atoms with van der Waals surface area (Å²) in [4.78, 5) is 18.4. The van der Waals surface area contributed by atoms with Gasteiger partial charge in [0.25, 0.3) is 5.91 Å². The quantitative estimate of drug-likeness (QED) is 0.757. The largest absolute Gasteiger partial charge is 0.328 e. The Kier molecular flexibility index (Phi) is 3.85. The zero-order valence-corrected chi connectivity index (χ0v) is 14.7. The van der Waals surface area contributed by atoms with Crippen LogP contribution in [0.2, 0.25) is 0 Å². The van der Waals surface area contributed by atoms with Crippen LogP contribution in [0.15, 0.2) is 59.4 Å². The Morgan fingerprint density at radius 1 is 1.24 bits per heavy atom. The van der Waals surface area contributed by atoms with Gasteiger partial charge in [-0.2, -0.15) is 10.1 Å². The maximum Gasteiger partial charge on any atom is 0.255 e. The molecular formula is C18H17N5OS. The van der Waals surface area contributed by atoms with Gasteiger partial charge in [-0.1, -0.05) is 24.3 Å². The van der Waals surface area contributed by atoms with Gasteiger partial charge in [-0.25, -0.2) is 4.68 Å². The summed E-state index contributed by atoms with van der Waals surface area (Å²) >= 11 is 1.60. The smallest absolute Gasteiger partial charge is 0.255 e. The van der Waals surface area contributed by atoms with Gasteiger partial charge in [-0.15, -0.1) is 11.3 Å². The molecule has 1 aliphatic rings. The summed E-state index contributed by atoms with van der Waals surface area (Å²) in [7, 11) is 0. The first-order valence-corrected chi connectivity index (χ1v) is 8.81. The van der Waals surface area contributed by atoms with E-state index in [0.717, 1.165) is 21.8 Å². The van der Waals surface area contributed by atoms with Gasteiger partial charge in [-0.3, -0.25) is 4.79 Å². The summed E-state index contributed by atoms with van der Waals surface area (Å²) < 4.78 is 1.76. The third-order valence-corrected chi connectivity index (χ3v) is 5.17. The molecule has 2 N–H and O–H groups in total. The van der Waals surface area contributed by atoms with Crippen molar-refractivity contribution >= 4 is 28.9 Å². The summed E-state index contributed by atoms with van der Waals surface area (Å²) in [6.07, 6.45) is 1.50. The lowest BCUT2D eigenvalue weighted by Crippen LogP contribution is -2.31. The average Bonchev–Trinajstić information content (AvgIpc) is 3.26. The van der Waals surface area contributed by atoms with Gasteiger partial charge in [0.1, 0.15) is 12.4 Å². The van der Waals surface area contributed by atoms with Crippen LogP contribution in [0, 0.1) is 6.92 Å². The van der Waals surface area contributed by atoms with Crippen molar-refractivity contribution in [1.82, 2.24) is 14.8 Å². The molecule has 0 saturated heterocycles. The van der Waals surface area contributed by atoms with Crippen molar-refractivity contribution in [3.8, 4) is 0 Å². The fourth-order valence-electron chi connectivity index (χ4n) is 3.00. The van der Waals surface area contributed by atoms with E-state index in [-0.39, 0.29) is 11.9 Å². The second-order valence-corrected chi connectivity index (χ2v) is 6.86. The molecule has 3 heterocycles. The molecule has 1 atom stereocenters. The number of carbonyl (C=O) groups is 1. The molecule has 1 aromatic carbocycles. The monoisotopic (exact) mass is 351 g/mol. The lowest BCUT2D eigenvalue weighted by Gasteiger charge is -2.27. The van der Waals surface area contributed by atoms with Crippen molar-refractivity contribution in [3.05, 3.63) is 69.8 Å². The average molecular weight is 351 g/mol. The molecule has 0 fully saturated rings. The number of hydrogen-bond donors (Lipinski definition) is 2. The van der Waals surface area contributed by atoms with Gasteiger partial charge in [0.2, 0.25) is 5.95 Å². The number of aryl methyl sites for hydroxylation is 1. The lowest BCUT2D eigenvalue weighted by molar-refractivity contribution is -0.113. The molecule has 25 heavy (non-hydrogen) atoms. The molecule has 0 bridgehead atoms. The summed E-state index contributed by atoms with van der Waals surface area (Å²) in [5.41, 5.74) is 3.25. The number of anilines is 2. The van der Waals surface area contributed by atoms with Crippen LogP contribution in [0.3, 0.4) is 0 Å². The van der Waals surface area contributed by atoms with Crippen molar-refractivity contribution in [2.24, 2.45) is 0 Å². The molecule has 4 rings (SSSR count). The van der Waals surface area contributed by atoms with Gasteiger partial charge < -0.3 is 10.6 Å². The maximum atomic E-state index is 13.1. The van der Waals surface area contributed by atoms with Crippen LogP contribution in [0.1, 0.15) is 23.4 Å². The zero-order chi connectivity index (χ0) is 17.4. The van der Waals surface area contributed by atoms with Crippen molar-refractivity contribution < 1.29 is 4.79 Å². The first kappa shape index (κ1) is 15.6. The number of amides is 1. The summed E-state index contributed by atoms with van der Waals surface area (Å²) in [6, 6.07) is 11.4. The van der Waals surface area contributed by atoms with Gasteiger partial charge in [0, 0.05) is 16.3 Å². The predicted molar refractivity (Wildman–Crippen MR) is 98.6 cm³/mol. The van der Waals surface area contributed by atoms with Gasteiger partial charge in [0.05, 0.1) is 5.57 Å². The van der Waals surface area contributed by atoms with Crippen LogP contribution in [-0.4, -0.2) is 20.7 Å². The minimum Gasteiger partial charge on any atom is -0.328 e. The van der Waals surface area contributed by atoms with Crippen LogP contribution >= 0.6 is 11.3 Å². The predicted octanol–water partition coefficient (Wildman–Crippen LogP) is 3.58. The van der Waals surface area contributed by atoms with Crippen LogP contribution in [0.4, 0.5) is 11.6 Å². The molecule has 1 aliphatic heterocycles. The molecule has 0 radical (unpaired) electrons. The Balaban J connectivity index is 1.76. The van der Waals surface area contributed by atoms with Gasteiger partial charge >= 0.3 is 0 Å². The number of fused-ring (bicyclic) bond motifs is 1. The molecule has 2 aromatic heterocycles. The molecule has 1 amide bonds. The van der Waals surface area contributed by atoms with Crippen LogP contribution in [0.5, 0.6) is 0 Å². The highest BCUT2D eigenvalue weighted by Gasteiger charge is 2.34. The number of nitrogens with one attached hydrogen (secondary N) is 2. The van der Waals surface area contributed by atoms with Gasteiger partial charge in [-0.05, 0) is 36.9 Å². The number of hydrogen-bond acceptors (Lipinski definition) is 5. The molecule has 0 spiro atoms. The van der Waals surface area contributed by atoms with Crippen LogP contribution in [0.25, 0.3) is 0 Å². The minimum absolute atomic E-state index is 0.140. The molecule has 7 heteroatoms. The molecule has 0 saturated carbocycles. The van der Waals surface area contributed by atoms with E-state index in [9.17, 15) is 4.79 Å². The van der Waals surface area contributed by atoms with Crippen LogP contribution in [-0.2, 0) is 4.79 Å². The highest BCUT2D eigenvalue weighted by Crippen LogP contribution is 2.37. The first-order valence-electron chi connectivity index (χ1n) is 7.93. The number of rotatable bonds is 3. The Bertz CT molecular complexity index is 958. The normalized spacial score (nSPS) is 16.3. The summed E-state index contributed by atoms with van der Waals surface area (Å²) in [5.74, 6) is 0.502. The third kappa shape index (κ3) is 2.72. The SMILES string of the molecule is CC1=C(C(=O)Nc2ccccc2C)[C@@H](c2cccs2)n2ncnc2N1. The molecule has 126 valence electrons. The zero-order valence-electron chi connectivity index (χ0n) is 13.9. The lowest BCUT2D eigenvalue weighted by atomic mass is 10.0. The van der Waals surface area contributed by atoms with E-state index in [4.69, 9.17) is 0 Å². The highest BCUT2D eigenvalue weighted by atomic mass is 32.1. The fraction of sp³-hybridized carbons (Fsp3) is 0.167. The summed E-state index contributed by atoms with van der Waals surface area (Å²) in [6.45, 7) is 3.87. The molecule has 0 unspecified atom stereocenters. The number of allylic oxidation sites excluding steroid dienone is 1. The second kappa shape index (κ2) is 6.18. The Labute approximate surface area is 149 Å². The first-order chi connectivity index (χ1) is 12.1. The van der Waals surface area contributed by atoms with E-state index in [1.807, 2.05) is 55.6 Å². The van der Waals surface area contributed by atoms with Crippen LogP contribution < -0.4 is 10.6 Å². The van der Waals surface area contributed by atoms with Crippen molar-refractivity contribution in [2.45, 2.75) is 19.9 Å². The summed E-state index contributed by atoms with van der Waals surface area (Å²) in [5, 5.41) is 12.5. The molecule has 0 aliphatic carbocycles. The van der Waals surface area contributed by atoms with E-state index in [1.54, 1.807) is 16.0 Å². The number of benzene rings is 1. The number of aromatic nitrogens is 3. The molecule has 6 nitrogen and oxygen atoms in total. The van der Waals surface area contributed by atoms with Gasteiger partial charge in [0.15, 0.2) is 0 Å². The Morgan fingerprint density at radius 3 is 2.84 bits per heavy atom. The number of carbonyl (C=O) groups excluding carboxylic acids is 1. The molecular weight excluding hydrogens is 334 g/mol. The molecule has 3 aromatic rings. The van der Waals surface area contributed by atoms with E-state index in [2.05, 4.69) is 20.7 Å².